The molecular weight excluding hydrogens is 469 g/mol. The fraction of sp³-hybridized carbons (Fsp3) is 0.333. The summed E-state index contributed by atoms with van der Waals surface area (Å²) >= 11 is 0. The molecule has 0 atom stereocenters. The van der Waals surface area contributed by atoms with Crippen LogP contribution < -0.4 is 10.6 Å². The van der Waals surface area contributed by atoms with Gasteiger partial charge in [-0.15, -0.1) is 0 Å². The van der Waals surface area contributed by atoms with Crippen molar-refractivity contribution in [2.75, 3.05) is 23.8 Å². The number of hydrogen-bond acceptors (Lipinski definition) is 6. The third-order valence-electron chi connectivity index (χ3n) is 4.36. The summed E-state index contributed by atoms with van der Waals surface area (Å²) in [7, 11) is 0. The highest BCUT2D eigenvalue weighted by Crippen LogP contribution is 2.34. The number of carbonyl (C=O) groups excluding carboxylic acids is 4. The molecule has 0 spiro atoms. The summed E-state index contributed by atoms with van der Waals surface area (Å²) in [5.41, 5.74) is -0.921. The lowest BCUT2D eigenvalue weighted by molar-refractivity contribution is -0.148. The van der Waals surface area contributed by atoms with Crippen LogP contribution in [0.2, 0.25) is 0 Å². The van der Waals surface area contributed by atoms with Gasteiger partial charge < -0.3 is 20.1 Å². The number of hydrogen-bond donors (Lipinski definition) is 2. The molecule has 0 aliphatic rings. The lowest BCUT2D eigenvalue weighted by Gasteiger charge is -2.13. The van der Waals surface area contributed by atoms with Crippen LogP contribution in [0, 0.1) is 5.92 Å². The molecule has 0 bridgehead atoms. The van der Waals surface area contributed by atoms with Crippen LogP contribution >= 0.6 is 0 Å². The zero-order chi connectivity index (χ0) is 26.0. The summed E-state index contributed by atoms with van der Waals surface area (Å²) in [5, 5.41) is 4.58. The van der Waals surface area contributed by atoms with Gasteiger partial charge in [0.15, 0.2) is 6.61 Å². The Balaban J connectivity index is 1.78. The van der Waals surface area contributed by atoms with Gasteiger partial charge in [0.25, 0.3) is 5.91 Å². The van der Waals surface area contributed by atoms with Gasteiger partial charge in [-0.3, -0.25) is 14.4 Å². The van der Waals surface area contributed by atoms with Crippen LogP contribution in [0.5, 0.6) is 0 Å². The number of halogens is 3. The molecule has 2 rings (SSSR count). The van der Waals surface area contributed by atoms with Crippen LogP contribution in [0.4, 0.5) is 24.5 Å². The zero-order valence-electron chi connectivity index (χ0n) is 19.1. The molecule has 35 heavy (non-hydrogen) atoms. The molecule has 0 saturated carbocycles. The molecule has 0 aliphatic carbocycles. The molecule has 11 heteroatoms. The SMILES string of the molecule is CC(C)COC(=O)c1cccc(NC(=O)CCC(=O)OCC(=O)Nc2ccccc2C(F)(F)F)c1. The number of benzene rings is 2. The van der Waals surface area contributed by atoms with Crippen molar-refractivity contribution in [3.63, 3.8) is 0 Å². The maximum atomic E-state index is 13.0. The van der Waals surface area contributed by atoms with E-state index in [0.717, 1.165) is 12.1 Å². The molecule has 2 N–H and O–H groups in total. The van der Waals surface area contributed by atoms with E-state index in [1.807, 2.05) is 19.2 Å². The predicted molar refractivity (Wildman–Crippen MR) is 120 cm³/mol. The number of amides is 2. The van der Waals surface area contributed by atoms with E-state index in [0.29, 0.717) is 5.69 Å². The maximum Gasteiger partial charge on any atom is 0.418 e. The second-order valence-corrected chi connectivity index (χ2v) is 7.87. The van der Waals surface area contributed by atoms with E-state index in [1.54, 1.807) is 12.1 Å². The van der Waals surface area contributed by atoms with E-state index in [-0.39, 0.29) is 30.9 Å². The quantitative estimate of drug-likeness (QED) is 0.473. The van der Waals surface area contributed by atoms with Crippen molar-refractivity contribution in [2.45, 2.75) is 32.9 Å². The molecule has 2 aromatic rings. The summed E-state index contributed by atoms with van der Waals surface area (Å²) < 4.78 is 48.8. The number of rotatable bonds is 10. The van der Waals surface area contributed by atoms with Crippen molar-refractivity contribution in [1.29, 1.82) is 0 Å². The predicted octanol–water partition coefficient (Wildman–Crippen LogP) is 4.42. The summed E-state index contributed by atoms with van der Waals surface area (Å²) in [6, 6.07) is 10.5. The third-order valence-corrected chi connectivity index (χ3v) is 4.36. The summed E-state index contributed by atoms with van der Waals surface area (Å²) in [4.78, 5) is 47.8. The van der Waals surface area contributed by atoms with E-state index in [2.05, 4.69) is 5.32 Å². The van der Waals surface area contributed by atoms with Crippen LogP contribution in [-0.2, 0) is 30.0 Å². The van der Waals surface area contributed by atoms with Gasteiger partial charge >= 0.3 is 18.1 Å². The van der Waals surface area contributed by atoms with Crippen molar-refractivity contribution in [3.8, 4) is 0 Å². The minimum Gasteiger partial charge on any atom is -0.462 e. The minimum atomic E-state index is -4.66. The monoisotopic (exact) mass is 494 g/mol. The number of nitrogens with one attached hydrogen (secondary N) is 2. The highest BCUT2D eigenvalue weighted by Gasteiger charge is 2.33. The molecule has 0 unspecified atom stereocenters. The molecule has 0 saturated heterocycles. The normalized spacial score (nSPS) is 11.0. The van der Waals surface area contributed by atoms with Crippen LogP contribution in [-0.4, -0.2) is 37.0 Å². The standard InChI is InChI=1S/C24H25F3N2O6/c1-15(2)13-35-23(33)16-6-5-7-17(12-16)28-20(30)10-11-22(32)34-14-21(31)29-19-9-4-3-8-18(19)24(25,26)27/h3-9,12,15H,10-11,13-14H2,1-2H3,(H,28,30)(H,29,31). The Labute approximate surface area is 199 Å². The Morgan fingerprint density at radius 3 is 2.29 bits per heavy atom. The number of ether oxygens (including phenoxy) is 2. The average molecular weight is 494 g/mol. The Hall–Kier alpha value is -3.89. The van der Waals surface area contributed by atoms with Gasteiger partial charge in [-0.1, -0.05) is 32.0 Å². The first-order chi connectivity index (χ1) is 16.5. The molecule has 0 aliphatic heterocycles. The van der Waals surface area contributed by atoms with Crippen molar-refractivity contribution >= 4 is 35.1 Å². The smallest absolute Gasteiger partial charge is 0.418 e. The number of alkyl halides is 3. The van der Waals surface area contributed by atoms with Gasteiger partial charge in [-0.25, -0.2) is 4.79 Å². The minimum absolute atomic E-state index is 0.170. The van der Waals surface area contributed by atoms with E-state index in [4.69, 9.17) is 9.47 Å². The van der Waals surface area contributed by atoms with Gasteiger partial charge in [-0.2, -0.15) is 13.2 Å². The lowest BCUT2D eigenvalue weighted by Crippen LogP contribution is -2.23. The average Bonchev–Trinajstić information content (AvgIpc) is 2.79. The van der Waals surface area contributed by atoms with Gasteiger partial charge in [0, 0.05) is 12.1 Å². The highest BCUT2D eigenvalue weighted by molar-refractivity contribution is 5.96. The summed E-state index contributed by atoms with van der Waals surface area (Å²) in [5.74, 6) is -2.75. The van der Waals surface area contributed by atoms with Crippen LogP contribution in [0.25, 0.3) is 0 Å². The third kappa shape index (κ3) is 9.48. The largest absolute Gasteiger partial charge is 0.462 e. The molecule has 0 fully saturated rings. The molecule has 0 radical (unpaired) electrons. The first-order valence-corrected chi connectivity index (χ1v) is 10.6. The molecular formula is C24H25F3N2O6. The van der Waals surface area contributed by atoms with Crippen LogP contribution in [0.3, 0.4) is 0 Å². The van der Waals surface area contributed by atoms with Crippen molar-refractivity contribution in [2.24, 2.45) is 5.92 Å². The van der Waals surface area contributed by atoms with Crippen LogP contribution in [0.1, 0.15) is 42.6 Å². The van der Waals surface area contributed by atoms with Gasteiger partial charge in [0.2, 0.25) is 5.91 Å². The van der Waals surface area contributed by atoms with Crippen molar-refractivity contribution < 1.29 is 41.8 Å². The number of para-hydroxylation sites is 1. The van der Waals surface area contributed by atoms with E-state index in [1.165, 1.54) is 24.3 Å². The Kier molecular flexibility index (Phi) is 9.80. The second kappa shape index (κ2) is 12.5. The van der Waals surface area contributed by atoms with Gasteiger partial charge in [-0.05, 0) is 36.2 Å². The Morgan fingerprint density at radius 1 is 0.886 bits per heavy atom. The molecule has 8 nitrogen and oxygen atoms in total. The summed E-state index contributed by atoms with van der Waals surface area (Å²) in [6.45, 7) is 3.24. The number of esters is 2. The summed E-state index contributed by atoms with van der Waals surface area (Å²) in [6.07, 6.45) is -5.31. The number of carbonyl (C=O) groups is 4. The van der Waals surface area contributed by atoms with Crippen molar-refractivity contribution in [3.05, 3.63) is 59.7 Å². The lowest BCUT2D eigenvalue weighted by atomic mass is 10.1. The Bertz CT molecular complexity index is 1070. The Morgan fingerprint density at radius 2 is 1.60 bits per heavy atom. The second-order valence-electron chi connectivity index (χ2n) is 7.87. The fourth-order valence-corrected chi connectivity index (χ4v) is 2.73. The first kappa shape index (κ1) is 27.4. The highest BCUT2D eigenvalue weighted by atomic mass is 19.4. The first-order valence-electron chi connectivity index (χ1n) is 10.6. The molecule has 0 heterocycles. The maximum absolute atomic E-state index is 13.0. The fourth-order valence-electron chi connectivity index (χ4n) is 2.73. The molecule has 188 valence electrons. The van der Waals surface area contributed by atoms with Crippen molar-refractivity contribution in [1.82, 2.24) is 0 Å². The molecule has 2 amide bonds. The van der Waals surface area contributed by atoms with E-state index >= 15 is 0 Å². The molecule has 0 aromatic heterocycles. The van der Waals surface area contributed by atoms with E-state index in [9.17, 15) is 32.3 Å². The van der Waals surface area contributed by atoms with Gasteiger partial charge in [0.05, 0.1) is 29.8 Å². The topological polar surface area (TPSA) is 111 Å². The van der Waals surface area contributed by atoms with E-state index < -0.39 is 47.8 Å². The van der Waals surface area contributed by atoms with Gasteiger partial charge in [0.1, 0.15) is 0 Å². The number of anilines is 2. The van der Waals surface area contributed by atoms with Crippen LogP contribution in [0.15, 0.2) is 48.5 Å². The molecule has 2 aromatic carbocycles. The zero-order valence-corrected chi connectivity index (χ0v) is 19.1.